The molecule has 2 nitrogen and oxygen atoms in total. The Balaban J connectivity index is 0.000000557. The van der Waals surface area contributed by atoms with E-state index in [0.717, 1.165) is 11.1 Å². The van der Waals surface area contributed by atoms with Crippen molar-refractivity contribution in [2.24, 2.45) is 0 Å². The fraction of sp³-hybridized carbons (Fsp3) is 0.600. The molecule has 0 heterocycles. The number of aromatic hydroxyl groups is 2. The Morgan fingerprint density at radius 2 is 1.35 bits per heavy atom. The molecule has 2 heteroatoms. The summed E-state index contributed by atoms with van der Waals surface area (Å²) in [6.07, 6.45) is 2.64. The number of unbranched alkanes of at least 4 members (excludes halogenated alkanes) is 1. The average Bonchev–Trinajstić information content (AvgIpc) is 2.22. The van der Waals surface area contributed by atoms with E-state index in [-0.39, 0.29) is 16.9 Å². The number of hydrogen-bond acceptors (Lipinski definition) is 2. The van der Waals surface area contributed by atoms with Crippen molar-refractivity contribution in [1.29, 1.82) is 0 Å². The van der Waals surface area contributed by atoms with Gasteiger partial charge < -0.3 is 10.2 Å². The highest BCUT2D eigenvalue weighted by Gasteiger charge is 2.21. The van der Waals surface area contributed by atoms with Crippen molar-refractivity contribution in [1.82, 2.24) is 0 Å². The maximum Gasteiger partial charge on any atom is 0.119 e. The van der Waals surface area contributed by atoms with Crippen LogP contribution in [-0.4, -0.2) is 10.2 Å². The van der Waals surface area contributed by atoms with Crippen LogP contribution in [0, 0.1) is 6.92 Å². The molecule has 0 aromatic heterocycles. The molecule has 0 bridgehead atoms. The third-order valence-corrected chi connectivity index (χ3v) is 2.66. The summed E-state index contributed by atoms with van der Waals surface area (Å²) in [7, 11) is 0. The summed E-state index contributed by atoms with van der Waals surface area (Å²) in [5.74, 6) is 0.491. The molecule has 0 aliphatic heterocycles. The van der Waals surface area contributed by atoms with Gasteiger partial charge >= 0.3 is 0 Å². The lowest BCUT2D eigenvalue weighted by Gasteiger charge is -2.23. The summed E-state index contributed by atoms with van der Waals surface area (Å²) in [5, 5.41) is 19.1. The second-order valence-corrected chi connectivity index (χ2v) is 5.35. The molecule has 0 amide bonds. The van der Waals surface area contributed by atoms with Crippen LogP contribution in [0.5, 0.6) is 11.5 Å². The summed E-state index contributed by atoms with van der Waals surface area (Å²) in [6.45, 7) is 12.2. The highest BCUT2D eigenvalue weighted by molar-refractivity contribution is 5.49. The number of hydrogen-bond donors (Lipinski definition) is 2. The zero-order valence-electron chi connectivity index (χ0n) is 12.0. The highest BCUT2D eigenvalue weighted by atomic mass is 16.3. The lowest BCUT2D eigenvalue weighted by molar-refractivity contribution is 0.431. The van der Waals surface area contributed by atoms with Crippen LogP contribution in [0.3, 0.4) is 0 Å². The Hall–Kier alpha value is -1.18. The molecular weight excluding hydrogens is 212 g/mol. The van der Waals surface area contributed by atoms with Crippen LogP contribution >= 0.6 is 0 Å². The second-order valence-electron chi connectivity index (χ2n) is 5.35. The van der Waals surface area contributed by atoms with Crippen molar-refractivity contribution >= 4 is 0 Å². The Bertz CT molecular complexity index is 347. The number of rotatable bonds is 1. The molecule has 0 atom stereocenters. The van der Waals surface area contributed by atoms with E-state index in [0.29, 0.717) is 0 Å². The molecule has 0 spiro atoms. The largest absolute Gasteiger partial charge is 0.508 e. The van der Waals surface area contributed by atoms with Crippen LogP contribution in [0.25, 0.3) is 0 Å². The molecule has 0 radical (unpaired) electrons. The normalized spacial score (nSPS) is 10.7. The molecule has 17 heavy (non-hydrogen) atoms. The van der Waals surface area contributed by atoms with E-state index in [1.165, 1.54) is 25.0 Å². The molecule has 98 valence electrons. The van der Waals surface area contributed by atoms with E-state index in [4.69, 9.17) is 0 Å². The summed E-state index contributed by atoms with van der Waals surface area (Å²) >= 11 is 0. The smallest absolute Gasteiger partial charge is 0.119 e. The van der Waals surface area contributed by atoms with Gasteiger partial charge in [-0.15, -0.1) is 0 Å². The van der Waals surface area contributed by atoms with Gasteiger partial charge in [0.25, 0.3) is 0 Å². The van der Waals surface area contributed by atoms with Gasteiger partial charge in [0.1, 0.15) is 11.5 Å². The van der Waals surface area contributed by atoms with E-state index in [1.807, 2.05) is 27.7 Å². The first-order valence-corrected chi connectivity index (χ1v) is 6.27. The molecule has 2 N–H and O–H groups in total. The Kier molecular flexibility index (Phi) is 6.08. The zero-order chi connectivity index (χ0) is 13.6. The number of phenolic OH excluding ortho intramolecular Hbond substituents is 2. The summed E-state index contributed by atoms with van der Waals surface area (Å²) < 4.78 is 0. The molecule has 0 saturated heterocycles. The lowest BCUT2D eigenvalue weighted by Crippen LogP contribution is -2.13. The number of benzene rings is 1. The predicted molar refractivity (Wildman–Crippen MR) is 73.8 cm³/mol. The molecule has 0 unspecified atom stereocenters. The van der Waals surface area contributed by atoms with Gasteiger partial charge in [0.05, 0.1) is 0 Å². The van der Waals surface area contributed by atoms with Crippen LogP contribution < -0.4 is 0 Å². The maximum absolute atomic E-state index is 9.64. The Labute approximate surface area is 105 Å². The standard InChI is InChI=1S/C11H16O2.C4H10/c1-7-8(12)5-6-9(13)10(7)11(2,3)4;1-3-4-2/h5-6,12-13H,1-4H3;3-4H2,1-2H3. The van der Waals surface area contributed by atoms with Gasteiger partial charge in [-0.2, -0.15) is 0 Å². The monoisotopic (exact) mass is 238 g/mol. The lowest BCUT2D eigenvalue weighted by atomic mass is 9.83. The van der Waals surface area contributed by atoms with E-state index in [2.05, 4.69) is 13.8 Å². The molecule has 1 rings (SSSR count). The van der Waals surface area contributed by atoms with Crippen molar-refractivity contribution < 1.29 is 10.2 Å². The summed E-state index contributed by atoms with van der Waals surface area (Å²) in [6, 6.07) is 3.04. The van der Waals surface area contributed by atoms with Crippen molar-refractivity contribution in [2.75, 3.05) is 0 Å². The second kappa shape index (κ2) is 6.53. The fourth-order valence-corrected chi connectivity index (χ4v) is 1.63. The van der Waals surface area contributed by atoms with Crippen LogP contribution in [0.4, 0.5) is 0 Å². The quantitative estimate of drug-likeness (QED) is 0.707. The van der Waals surface area contributed by atoms with E-state index in [1.54, 1.807) is 0 Å². The highest BCUT2D eigenvalue weighted by Crippen LogP contribution is 2.36. The minimum absolute atomic E-state index is 0.146. The number of phenols is 2. The first-order chi connectivity index (χ1) is 7.75. The third-order valence-electron chi connectivity index (χ3n) is 2.66. The minimum Gasteiger partial charge on any atom is -0.508 e. The molecular formula is C15H26O2. The van der Waals surface area contributed by atoms with Gasteiger partial charge in [-0.3, -0.25) is 0 Å². The van der Waals surface area contributed by atoms with E-state index < -0.39 is 0 Å². The maximum atomic E-state index is 9.64. The van der Waals surface area contributed by atoms with Gasteiger partial charge in [0.15, 0.2) is 0 Å². The van der Waals surface area contributed by atoms with E-state index >= 15 is 0 Å². The zero-order valence-corrected chi connectivity index (χ0v) is 12.0. The van der Waals surface area contributed by atoms with Gasteiger partial charge in [-0.1, -0.05) is 47.5 Å². The minimum atomic E-state index is -0.146. The SMILES string of the molecule is CCCC.Cc1c(O)ccc(O)c1C(C)(C)C. The Morgan fingerprint density at radius 3 is 1.65 bits per heavy atom. The first-order valence-electron chi connectivity index (χ1n) is 6.27. The fourth-order valence-electron chi connectivity index (χ4n) is 1.63. The summed E-state index contributed by atoms with van der Waals surface area (Å²) in [4.78, 5) is 0. The van der Waals surface area contributed by atoms with Crippen LogP contribution in [-0.2, 0) is 5.41 Å². The van der Waals surface area contributed by atoms with Crippen molar-refractivity contribution in [3.05, 3.63) is 23.3 Å². The molecule has 1 aromatic rings. The van der Waals surface area contributed by atoms with Crippen molar-refractivity contribution in [3.63, 3.8) is 0 Å². The molecule has 1 aromatic carbocycles. The topological polar surface area (TPSA) is 40.5 Å². The van der Waals surface area contributed by atoms with Gasteiger partial charge in [-0.05, 0) is 30.0 Å². The van der Waals surface area contributed by atoms with Gasteiger partial charge in [0, 0.05) is 5.56 Å². The van der Waals surface area contributed by atoms with Gasteiger partial charge in [-0.25, -0.2) is 0 Å². The van der Waals surface area contributed by atoms with Gasteiger partial charge in [0.2, 0.25) is 0 Å². The summed E-state index contributed by atoms with van der Waals surface area (Å²) in [5.41, 5.74) is 1.42. The van der Waals surface area contributed by atoms with Crippen molar-refractivity contribution in [3.8, 4) is 11.5 Å². The third kappa shape index (κ3) is 4.68. The Morgan fingerprint density at radius 1 is 0.941 bits per heavy atom. The van der Waals surface area contributed by atoms with Crippen molar-refractivity contribution in [2.45, 2.75) is 59.8 Å². The molecule has 0 aliphatic carbocycles. The predicted octanol–water partition coefficient (Wildman–Crippen LogP) is 4.51. The van der Waals surface area contributed by atoms with Crippen LogP contribution in [0.1, 0.15) is 58.6 Å². The molecule has 0 saturated carbocycles. The van der Waals surface area contributed by atoms with Crippen LogP contribution in [0.15, 0.2) is 12.1 Å². The van der Waals surface area contributed by atoms with E-state index in [9.17, 15) is 10.2 Å². The average molecular weight is 238 g/mol. The first kappa shape index (κ1) is 15.8. The van der Waals surface area contributed by atoms with Crippen LogP contribution in [0.2, 0.25) is 0 Å². The molecule has 0 fully saturated rings. The molecule has 0 aliphatic rings.